The van der Waals surface area contributed by atoms with Gasteiger partial charge in [0.25, 0.3) is 0 Å². The lowest BCUT2D eigenvalue weighted by Gasteiger charge is -2.09. The van der Waals surface area contributed by atoms with Gasteiger partial charge < -0.3 is 9.47 Å². The molecule has 0 rings (SSSR count). The van der Waals surface area contributed by atoms with E-state index in [1.807, 2.05) is 0 Å². The molecule has 0 aromatic heterocycles. The van der Waals surface area contributed by atoms with Crippen molar-refractivity contribution in [1.29, 1.82) is 0 Å². The van der Waals surface area contributed by atoms with Crippen LogP contribution in [0.5, 0.6) is 0 Å². The number of carbonyl (C=O) groups excluding carboxylic acids is 2. The van der Waals surface area contributed by atoms with Gasteiger partial charge in [-0.15, -0.1) is 13.2 Å². The van der Waals surface area contributed by atoms with Gasteiger partial charge in [0.05, 0.1) is 0 Å². The minimum atomic E-state index is -0.509. The summed E-state index contributed by atoms with van der Waals surface area (Å²) in [6.45, 7) is 9.90. The van der Waals surface area contributed by atoms with Crippen molar-refractivity contribution in [3.8, 4) is 23.7 Å². The summed E-state index contributed by atoms with van der Waals surface area (Å²) in [4.78, 5) is 22.0. The van der Waals surface area contributed by atoms with E-state index in [-0.39, 0.29) is 11.9 Å². The maximum absolute atomic E-state index is 11.0. The van der Waals surface area contributed by atoms with Crippen molar-refractivity contribution in [3.05, 3.63) is 25.3 Å². The van der Waals surface area contributed by atoms with Crippen molar-refractivity contribution in [2.24, 2.45) is 0 Å². The molecule has 2 atom stereocenters. The Labute approximate surface area is 132 Å². The maximum atomic E-state index is 11.0. The highest BCUT2D eigenvalue weighted by atomic mass is 16.5. The van der Waals surface area contributed by atoms with E-state index < -0.39 is 12.2 Å². The number of hydrogen-bond donors (Lipinski definition) is 0. The zero-order valence-electron chi connectivity index (χ0n) is 13.2. The van der Waals surface area contributed by atoms with Crippen molar-refractivity contribution in [2.75, 3.05) is 0 Å². The third-order valence-corrected chi connectivity index (χ3v) is 2.41. The first-order valence-corrected chi connectivity index (χ1v) is 7.06. The predicted octanol–water partition coefficient (Wildman–Crippen LogP) is 2.79. The van der Waals surface area contributed by atoms with Gasteiger partial charge in [-0.2, -0.15) is 0 Å². The van der Waals surface area contributed by atoms with Crippen LogP contribution in [0.3, 0.4) is 0 Å². The van der Waals surface area contributed by atoms with Crippen LogP contribution in [-0.2, 0) is 19.1 Å². The highest BCUT2D eigenvalue weighted by Crippen LogP contribution is 2.03. The first-order chi connectivity index (χ1) is 10.5. The van der Waals surface area contributed by atoms with Crippen molar-refractivity contribution in [3.63, 3.8) is 0 Å². The van der Waals surface area contributed by atoms with Gasteiger partial charge in [0.1, 0.15) is 0 Å². The van der Waals surface area contributed by atoms with Crippen LogP contribution in [-0.4, -0.2) is 24.1 Å². The Morgan fingerprint density at radius 1 is 0.909 bits per heavy atom. The molecule has 0 aromatic rings. The second-order valence-electron chi connectivity index (χ2n) is 4.47. The molecular formula is C18H22O4. The number of carbonyl (C=O) groups is 2. The van der Waals surface area contributed by atoms with Gasteiger partial charge in [-0.25, -0.2) is 0 Å². The first-order valence-electron chi connectivity index (χ1n) is 7.06. The van der Waals surface area contributed by atoms with Crippen molar-refractivity contribution >= 4 is 11.9 Å². The molecule has 0 saturated heterocycles. The normalized spacial score (nSPS) is 11.5. The van der Waals surface area contributed by atoms with Gasteiger partial charge in [0.15, 0.2) is 12.2 Å². The summed E-state index contributed by atoms with van der Waals surface area (Å²) >= 11 is 0. The molecule has 0 aliphatic carbocycles. The van der Waals surface area contributed by atoms with E-state index in [0.29, 0.717) is 25.7 Å². The molecule has 2 unspecified atom stereocenters. The van der Waals surface area contributed by atoms with E-state index >= 15 is 0 Å². The average molecular weight is 302 g/mol. The van der Waals surface area contributed by atoms with Crippen LogP contribution < -0.4 is 0 Å². The summed E-state index contributed by atoms with van der Waals surface area (Å²) in [7, 11) is 0. The summed E-state index contributed by atoms with van der Waals surface area (Å²) in [5.41, 5.74) is 0. The third-order valence-electron chi connectivity index (χ3n) is 2.41. The molecule has 0 fully saturated rings. The molecule has 4 heteroatoms. The van der Waals surface area contributed by atoms with Gasteiger partial charge in [-0.3, -0.25) is 9.59 Å². The third kappa shape index (κ3) is 11.4. The fourth-order valence-corrected chi connectivity index (χ4v) is 1.49. The molecule has 0 saturated carbocycles. The second kappa shape index (κ2) is 12.3. The van der Waals surface area contributed by atoms with Gasteiger partial charge in [0, 0.05) is 13.8 Å². The standard InChI is InChI=1S/C18H22O4/c1-5-7-11-17(21-15(3)19)13-9-10-14-18(12-8-6-2)22-16(4)20/h5-6,17-18H,1-2,7-8,11-12H2,3-4H3. The first kappa shape index (κ1) is 19.5. The SMILES string of the molecule is C=CCCC(C#CC#CC(CCC=C)OC(C)=O)OC(C)=O. The van der Waals surface area contributed by atoms with Crippen LogP contribution in [0.4, 0.5) is 0 Å². The summed E-state index contributed by atoms with van der Waals surface area (Å²) < 4.78 is 10.1. The number of esters is 2. The van der Waals surface area contributed by atoms with Crippen LogP contribution in [0.15, 0.2) is 25.3 Å². The molecule has 0 bridgehead atoms. The van der Waals surface area contributed by atoms with Crippen LogP contribution >= 0.6 is 0 Å². The second-order valence-corrected chi connectivity index (χ2v) is 4.47. The van der Waals surface area contributed by atoms with Crippen LogP contribution in [0.25, 0.3) is 0 Å². The van der Waals surface area contributed by atoms with E-state index in [4.69, 9.17) is 9.47 Å². The molecule has 0 heterocycles. The van der Waals surface area contributed by atoms with Crippen LogP contribution in [0.2, 0.25) is 0 Å². The van der Waals surface area contributed by atoms with Gasteiger partial charge in [0.2, 0.25) is 0 Å². The van der Waals surface area contributed by atoms with Gasteiger partial charge >= 0.3 is 11.9 Å². The molecule has 4 nitrogen and oxygen atoms in total. The Kier molecular flexibility index (Phi) is 10.9. The zero-order valence-corrected chi connectivity index (χ0v) is 13.2. The lowest BCUT2D eigenvalue weighted by Crippen LogP contribution is -2.14. The minimum Gasteiger partial charge on any atom is -0.449 e. The topological polar surface area (TPSA) is 52.6 Å². The zero-order chi connectivity index (χ0) is 16.8. The van der Waals surface area contributed by atoms with Crippen LogP contribution in [0.1, 0.15) is 39.5 Å². The molecule has 0 aliphatic rings. The highest BCUT2D eigenvalue weighted by Gasteiger charge is 2.08. The summed E-state index contributed by atoms with van der Waals surface area (Å²) in [5.74, 6) is 10.1. The van der Waals surface area contributed by atoms with E-state index in [1.54, 1.807) is 12.2 Å². The molecular weight excluding hydrogens is 280 g/mol. The number of ether oxygens (including phenoxy) is 2. The average Bonchev–Trinajstić information content (AvgIpc) is 2.44. The molecule has 0 N–H and O–H groups in total. The summed E-state index contributed by atoms with van der Waals surface area (Å²) in [6, 6.07) is 0. The van der Waals surface area contributed by atoms with Crippen LogP contribution in [0, 0.1) is 23.7 Å². The highest BCUT2D eigenvalue weighted by molar-refractivity contribution is 5.67. The minimum absolute atomic E-state index is 0.389. The molecule has 118 valence electrons. The van der Waals surface area contributed by atoms with E-state index in [2.05, 4.69) is 36.8 Å². The lowest BCUT2D eigenvalue weighted by atomic mass is 10.2. The number of allylic oxidation sites excluding steroid dienone is 2. The quantitative estimate of drug-likeness (QED) is 0.393. The smallest absolute Gasteiger partial charge is 0.303 e. The molecule has 0 aliphatic heterocycles. The van der Waals surface area contributed by atoms with Crippen molar-refractivity contribution in [2.45, 2.75) is 51.7 Å². The Balaban J connectivity index is 4.74. The Hall–Kier alpha value is -2.46. The molecule has 0 radical (unpaired) electrons. The van der Waals surface area contributed by atoms with Gasteiger partial charge in [-0.1, -0.05) is 12.2 Å². The van der Waals surface area contributed by atoms with Crippen molar-refractivity contribution < 1.29 is 19.1 Å². The summed E-state index contributed by atoms with van der Waals surface area (Å²) in [6.07, 6.45) is 4.97. The summed E-state index contributed by atoms with van der Waals surface area (Å²) in [5, 5.41) is 0. The Bertz CT molecular complexity index is 463. The molecule has 0 amide bonds. The van der Waals surface area contributed by atoms with Crippen molar-refractivity contribution in [1.82, 2.24) is 0 Å². The van der Waals surface area contributed by atoms with E-state index in [0.717, 1.165) is 0 Å². The Morgan fingerprint density at radius 2 is 1.27 bits per heavy atom. The number of rotatable bonds is 8. The Morgan fingerprint density at radius 3 is 1.55 bits per heavy atom. The number of hydrogen-bond acceptors (Lipinski definition) is 4. The van der Waals surface area contributed by atoms with E-state index in [1.165, 1.54) is 13.8 Å². The molecule has 0 aromatic carbocycles. The van der Waals surface area contributed by atoms with E-state index in [9.17, 15) is 9.59 Å². The monoisotopic (exact) mass is 302 g/mol. The maximum Gasteiger partial charge on any atom is 0.303 e. The largest absolute Gasteiger partial charge is 0.449 e. The predicted molar refractivity (Wildman–Crippen MR) is 85.5 cm³/mol. The fourth-order valence-electron chi connectivity index (χ4n) is 1.49. The lowest BCUT2D eigenvalue weighted by molar-refractivity contribution is -0.144. The molecule has 22 heavy (non-hydrogen) atoms. The molecule has 0 spiro atoms. The van der Waals surface area contributed by atoms with Gasteiger partial charge in [-0.05, 0) is 49.4 Å². The fraction of sp³-hybridized carbons (Fsp3) is 0.444.